The molecule has 1 heterocycles. The molecule has 0 saturated carbocycles. The van der Waals surface area contributed by atoms with E-state index in [-0.39, 0.29) is 5.88 Å². The van der Waals surface area contributed by atoms with Gasteiger partial charge in [0, 0.05) is 0 Å². The van der Waals surface area contributed by atoms with Crippen LogP contribution in [-0.4, -0.2) is 28.3 Å². The second-order valence-electron chi connectivity index (χ2n) is 1.81. The van der Waals surface area contributed by atoms with Crippen molar-refractivity contribution in [3.63, 3.8) is 0 Å². The standard InChI is InChI=1S/C5H7N3O3/c1-3(6-9)4-5(10-2)8-11-7-4/h9H,1-2H3/b6-3+. The molecule has 0 aliphatic rings. The number of hydrogen-bond donors (Lipinski definition) is 1. The molecule has 60 valence electrons. The summed E-state index contributed by atoms with van der Waals surface area (Å²) in [6.07, 6.45) is 0. The Balaban J connectivity index is 3.02. The van der Waals surface area contributed by atoms with Gasteiger partial charge in [-0.15, -0.1) is 0 Å². The molecule has 0 aliphatic heterocycles. The van der Waals surface area contributed by atoms with E-state index in [0.29, 0.717) is 11.4 Å². The maximum atomic E-state index is 8.35. The summed E-state index contributed by atoms with van der Waals surface area (Å²) in [7, 11) is 1.42. The second-order valence-corrected chi connectivity index (χ2v) is 1.81. The van der Waals surface area contributed by atoms with Gasteiger partial charge in [-0.2, -0.15) is 0 Å². The third-order valence-electron chi connectivity index (χ3n) is 1.14. The van der Waals surface area contributed by atoms with Crippen molar-refractivity contribution >= 4 is 5.71 Å². The zero-order valence-electron chi connectivity index (χ0n) is 6.11. The van der Waals surface area contributed by atoms with Crippen LogP contribution >= 0.6 is 0 Å². The molecule has 0 unspecified atom stereocenters. The van der Waals surface area contributed by atoms with Gasteiger partial charge in [0.1, 0.15) is 5.71 Å². The first-order valence-corrected chi connectivity index (χ1v) is 2.85. The molecule has 0 bridgehead atoms. The molecule has 6 nitrogen and oxygen atoms in total. The fraction of sp³-hybridized carbons (Fsp3) is 0.400. The van der Waals surface area contributed by atoms with Crippen LogP contribution in [0.4, 0.5) is 0 Å². The van der Waals surface area contributed by atoms with Crippen molar-refractivity contribution in [2.45, 2.75) is 6.92 Å². The van der Waals surface area contributed by atoms with Gasteiger partial charge in [0.25, 0.3) is 5.88 Å². The summed E-state index contributed by atoms with van der Waals surface area (Å²) < 4.78 is 9.09. The molecule has 0 atom stereocenters. The van der Waals surface area contributed by atoms with Crippen molar-refractivity contribution < 1.29 is 14.6 Å². The Hall–Kier alpha value is -1.59. The summed E-state index contributed by atoms with van der Waals surface area (Å²) in [5.41, 5.74) is 0.595. The number of hydrogen-bond acceptors (Lipinski definition) is 6. The molecule has 1 N–H and O–H groups in total. The average molecular weight is 157 g/mol. The summed E-state index contributed by atoms with van der Waals surface area (Å²) in [6.45, 7) is 1.56. The number of nitrogens with zero attached hydrogens (tertiary/aromatic N) is 3. The van der Waals surface area contributed by atoms with Crippen LogP contribution in [0.1, 0.15) is 12.6 Å². The minimum absolute atomic E-state index is 0.209. The van der Waals surface area contributed by atoms with Crippen molar-refractivity contribution in [2.24, 2.45) is 5.16 Å². The minimum Gasteiger partial charge on any atom is -0.477 e. The largest absolute Gasteiger partial charge is 0.477 e. The number of rotatable bonds is 2. The van der Waals surface area contributed by atoms with Crippen LogP contribution in [-0.2, 0) is 0 Å². The highest BCUT2D eigenvalue weighted by atomic mass is 16.6. The fourth-order valence-corrected chi connectivity index (χ4v) is 0.583. The first-order chi connectivity index (χ1) is 5.29. The summed E-state index contributed by atoms with van der Waals surface area (Å²) in [5, 5.41) is 18.1. The Morgan fingerprint density at radius 1 is 1.64 bits per heavy atom. The summed E-state index contributed by atoms with van der Waals surface area (Å²) in [6, 6.07) is 0. The van der Waals surface area contributed by atoms with Gasteiger partial charge >= 0.3 is 0 Å². The first kappa shape index (κ1) is 7.52. The van der Waals surface area contributed by atoms with Crippen LogP contribution in [0.25, 0.3) is 0 Å². The Morgan fingerprint density at radius 2 is 2.36 bits per heavy atom. The van der Waals surface area contributed by atoms with Crippen LogP contribution in [0, 0.1) is 0 Å². The predicted molar refractivity (Wildman–Crippen MR) is 34.8 cm³/mol. The second kappa shape index (κ2) is 3.00. The average Bonchev–Trinajstić information content (AvgIpc) is 2.50. The van der Waals surface area contributed by atoms with Gasteiger partial charge in [0.15, 0.2) is 5.69 Å². The highest BCUT2D eigenvalue weighted by Gasteiger charge is 2.12. The van der Waals surface area contributed by atoms with E-state index in [1.54, 1.807) is 6.92 Å². The molecule has 0 fully saturated rings. The van der Waals surface area contributed by atoms with Crippen molar-refractivity contribution in [1.29, 1.82) is 0 Å². The van der Waals surface area contributed by atoms with Gasteiger partial charge in [-0.3, -0.25) is 0 Å². The molecular formula is C5H7N3O3. The minimum atomic E-state index is 0.209. The SMILES string of the molecule is COc1nonc1/C(C)=N/O. The molecule has 1 aromatic heterocycles. The van der Waals surface area contributed by atoms with E-state index in [0.717, 1.165) is 0 Å². The Kier molecular flexibility index (Phi) is 2.05. The van der Waals surface area contributed by atoms with Crippen molar-refractivity contribution in [3.05, 3.63) is 5.69 Å². The van der Waals surface area contributed by atoms with Crippen molar-refractivity contribution in [2.75, 3.05) is 7.11 Å². The van der Waals surface area contributed by atoms with Gasteiger partial charge in [-0.05, 0) is 17.2 Å². The lowest BCUT2D eigenvalue weighted by atomic mass is 10.3. The molecule has 1 rings (SSSR count). The molecule has 6 heteroatoms. The molecule has 0 aromatic carbocycles. The first-order valence-electron chi connectivity index (χ1n) is 2.85. The third-order valence-corrected chi connectivity index (χ3v) is 1.14. The number of ether oxygens (including phenoxy) is 1. The lowest BCUT2D eigenvalue weighted by Gasteiger charge is -1.92. The van der Waals surface area contributed by atoms with E-state index in [9.17, 15) is 0 Å². The topological polar surface area (TPSA) is 80.7 Å². The Labute approximate surface area is 62.4 Å². The fourth-order valence-electron chi connectivity index (χ4n) is 0.583. The lowest BCUT2D eigenvalue weighted by molar-refractivity contribution is 0.281. The van der Waals surface area contributed by atoms with Crippen LogP contribution in [0.3, 0.4) is 0 Å². The molecule has 0 radical (unpaired) electrons. The van der Waals surface area contributed by atoms with Crippen LogP contribution in [0.2, 0.25) is 0 Å². The number of aromatic nitrogens is 2. The van der Waals surface area contributed by atoms with Gasteiger partial charge < -0.3 is 9.94 Å². The third kappa shape index (κ3) is 1.28. The van der Waals surface area contributed by atoms with Crippen LogP contribution < -0.4 is 4.74 Å². The highest BCUT2D eigenvalue weighted by Crippen LogP contribution is 2.11. The molecule has 1 aromatic rings. The summed E-state index contributed by atoms with van der Waals surface area (Å²) in [4.78, 5) is 0. The van der Waals surface area contributed by atoms with Gasteiger partial charge in [-0.1, -0.05) is 5.16 Å². The van der Waals surface area contributed by atoms with Crippen molar-refractivity contribution in [3.8, 4) is 5.88 Å². The zero-order valence-corrected chi connectivity index (χ0v) is 6.11. The summed E-state index contributed by atoms with van der Waals surface area (Å²) in [5.74, 6) is 0.209. The predicted octanol–water partition coefficient (Wildman–Crippen LogP) is 0.276. The molecule has 0 amide bonds. The van der Waals surface area contributed by atoms with Gasteiger partial charge in [-0.25, -0.2) is 4.63 Å². The molecule has 0 spiro atoms. The molecule has 0 saturated heterocycles. The molecule has 11 heavy (non-hydrogen) atoms. The Morgan fingerprint density at radius 3 is 2.91 bits per heavy atom. The maximum Gasteiger partial charge on any atom is 0.285 e. The van der Waals surface area contributed by atoms with E-state index in [4.69, 9.17) is 9.94 Å². The highest BCUT2D eigenvalue weighted by molar-refractivity contribution is 5.98. The van der Waals surface area contributed by atoms with E-state index >= 15 is 0 Å². The number of methoxy groups -OCH3 is 1. The summed E-state index contributed by atoms with van der Waals surface area (Å²) >= 11 is 0. The molecular weight excluding hydrogens is 150 g/mol. The smallest absolute Gasteiger partial charge is 0.285 e. The zero-order chi connectivity index (χ0) is 8.27. The quantitative estimate of drug-likeness (QED) is 0.378. The van der Waals surface area contributed by atoms with Gasteiger partial charge in [0.05, 0.1) is 7.11 Å². The number of oxime groups is 1. The normalized spacial score (nSPS) is 11.6. The van der Waals surface area contributed by atoms with Crippen LogP contribution in [0.5, 0.6) is 5.88 Å². The van der Waals surface area contributed by atoms with Crippen LogP contribution in [0.15, 0.2) is 9.78 Å². The lowest BCUT2D eigenvalue weighted by Crippen LogP contribution is -1.98. The molecule has 0 aliphatic carbocycles. The van der Waals surface area contributed by atoms with E-state index in [1.165, 1.54) is 7.11 Å². The van der Waals surface area contributed by atoms with Crippen molar-refractivity contribution in [1.82, 2.24) is 10.3 Å². The van der Waals surface area contributed by atoms with E-state index < -0.39 is 0 Å². The monoisotopic (exact) mass is 157 g/mol. The van der Waals surface area contributed by atoms with Gasteiger partial charge in [0.2, 0.25) is 0 Å². The van der Waals surface area contributed by atoms with E-state index in [2.05, 4.69) is 20.1 Å². The van der Waals surface area contributed by atoms with E-state index in [1.807, 2.05) is 0 Å². The Bertz CT molecular complexity index is 268. The maximum absolute atomic E-state index is 8.35.